The molecule has 0 saturated carbocycles. The zero-order valence-electron chi connectivity index (χ0n) is 9.79. The van der Waals surface area contributed by atoms with Gasteiger partial charge in [-0.1, -0.05) is 11.6 Å². The monoisotopic (exact) mass is 282 g/mol. The Morgan fingerprint density at radius 2 is 2.00 bits per heavy atom. The molecule has 0 fully saturated rings. The van der Waals surface area contributed by atoms with Crippen LogP contribution in [0.5, 0.6) is 0 Å². The fourth-order valence-electron chi connectivity index (χ4n) is 1.96. The summed E-state index contributed by atoms with van der Waals surface area (Å²) in [6.45, 7) is 0.948. The fraction of sp³-hybridized carbons (Fsp3) is 0.231. The van der Waals surface area contributed by atoms with Crippen molar-refractivity contribution in [2.75, 3.05) is 6.61 Å². The van der Waals surface area contributed by atoms with Crippen molar-refractivity contribution in [1.29, 1.82) is 0 Å². The third-order valence-corrected chi connectivity index (χ3v) is 3.26. The maximum Gasteiger partial charge on any atom is 0.161 e. The van der Waals surface area contributed by atoms with E-state index in [0.29, 0.717) is 36.2 Å². The predicted octanol–water partition coefficient (Wildman–Crippen LogP) is 3.15. The Hall–Kier alpha value is -1.59. The molecule has 3 rings (SSSR count). The van der Waals surface area contributed by atoms with E-state index in [1.807, 2.05) is 0 Å². The van der Waals surface area contributed by atoms with Crippen LogP contribution in [0.1, 0.15) is 11.3 Å². The molecule has 0 amide bonds. The van der Waals surface area contributed by atoms with Gasteiger partial charge in [0.1, 0.15) is 5.15 Å². The average molecular weight is 283 g/mol. The highest BCUT2D eigenvalue weighted by Crippen LogP contribution is 2.26. The van der Waals surface area contributed by atoms with Gasteiger partial charge < -0.3 is 4.74 Å². The van der Waals surface area contributed by atoms with Crippen molar-refractivity contribution in [1.82, 2.24) is 9.97 Å². The van der Waals surface area contributed by atoms with Crippen LogP contribution in [0.15, 0.2) is 18.2 Å². The molecule has 0 spiro atoms. The van der Waals surface area contributed by atoms with Crippen LogP contribution in [0.4, 0.5) is 8.78 Å². The highest BCUT2D eigenvalue weighted by Gasteiger charge is 2.18. The second-order valence-corrected chi connectivity index (χ2v) is 4.55. The molecule has 0 atom stereocenters. The van der Waals surface area contributed by atoms with Crippen LogP contribution in [0.3, 0.4) is 0 Å². The molecule has 1 aliphatic rings. The van der Waals surface area contributed by atoms with Crippen LogP contribution in [0.25, 0.3) is 11.4 Å². The molecule has 2 heterocycles. The van der Waals surface area contributed by atoms with Gasteiger partial charge in [-0.3, -0.25) is 0 Å². The lowest BCUT2D eigenvalue weighted by molar-refractivity contribution is 0.109. The fourth-order valence-corrected chi connectivity index (χ4v) is 2.20. The topological polar surface area (TPSA) is 35.0 Å². The first-order chi connectivity index (χ1) is 9.15. The Bertz CT molecular complexity index is 649. The molecule has 1 aromatic carbocycles. The van der Waals surface area contributed by atoms with Crippen LogP contribution >= 0.6 is 11.6 Å². The van der Waals surface area contributed by atoms with Crippen molar-refractivity contribution in [3.05, 3.63) is 46.2 Å². The van der Waals surface area contributed by atoms with Gasteiger partial charge >= 0.3 is 0 Å². The summed E-state index contributed by atoms with van der Waals surface area (Å²) in [5.74, 6) is -1.54. The van der Waals surface area contributed by atoms with Gasteiger partial charge in [-0.05, 0) is 18.2 Å². The minimum absolute atomic E-state index is 0.296. The van der Waals surface area contributed by atoms with Gasteiger partial charge in [0.2, 0.25) is 0 Å². The molecule has 0 N–H and O–H groups in total. The molecule has 2 aromatic rings. The smallest absolute Gasteiger partial charge is 0.161 e. The van der Waals surface area contributed by atoms with E-state index in [9.17, 15) is 8.78 Å². The number of hydrogen-bond acceptors (Lipinski definition) is 3. The van der Waals surface area contributed by atoms with Gasteiger partial charge in [0.15, 0.2) is 17.5 Å². The van der Waals surface area contributed by atoms with Gasteiger partial charge in [-0.2, -0.15) is 0 Å². The first kappa shape index (κ1) is 12.4. The van der Waals surface area contributed by atoms with Crippen LogP contribution in [-0.4, -0.2) is 16.6 Å². The molecule has 98 valence electrons. The Labute approximate surface area is 113 Å². The molecule has 6 heteroatoms. The minimum atomic E-state index is -0.932. The molecule has 1 aliphatic heterocycles. The van der Waals surface area contributed by atoms with Crippen molar-refractivity contribution in [3.63, 3.8) is 0 Å². The van der Waals surface area contributed by atoms with E-state index >= 15 is 0 Å². The first-order valence-electron chi connectivity index (χ1n) is 5.73. The molecule has 0 aliphatic carbocycles. The van der Waals surface area contributed by atoms with Gasteiger partial charge in [0.05, 0.1) is 18.9 Å². The van der Waals surface area contributed by atoms with Gasteiger partial charge in [-0.15, -0.1) is 0 Å². The third kappa shape index (κ3) is 2.31. The van der Waals surface area contributed by atoms with E-state index in [2.05, 4.69) is 9.97 Å². The van der Waals surface area contributed by atoms with Crippen LogP contribution in [0, 0.1) is 11.6 Å². The third-order valence-electron chi connectivity index (χ3n) is 2.95. The molecule has 0 bridgehead atoms. The molecule has 0 saturated heterocycles. The van der Waals surface area contributed by atoms with Crippen molar-refractivity contribution in [2.24, 2.45) is 0 Å². The first-order valence-corrected chi connectivity index (χ1v) is 6.11. The zero-order chi connectivity index (χ0) is 13.4. The zero-order valence-corrected chi connectivity index (χ0v) is 10.5. The number of ether oxygens (including phenoxy) is 1. The van der Waals surface area contributed by atoms with Crippen LogP contribution in [-0.2, 0) is 17.8 Å². The Morgan fingerprint density at radius 3 is 2.79 bits per heavy atom. The number of nitrogens with zero attached hydrogens (tertiary/aromatic N) is 2. The number of hydrogen-bond donors (Lipinski definition) is 0. The summed E-state index contributed by atoms with van der Waals surface area (Å²) in [6, 6.07) is 3.53. The van der Waals surface area contributed by atoms with Crippen molar-refractivity contribution >= 4 is 11.6 Å². The van der Waals surface area contributed by atoms with Crippen molar-refractivity contribution in [2.45, 2.75) is 13.0 Å². The Balaban J connectivity index is 2.10. The summed E-state index contributed by atoms with van der Waals surface area (Å²) in [7, 11) is 0. The summed E-state index contributed by atoms with van der Waals surface area (Å²) < 4.78 is 31.4. The highest BCUT2D eigenvalue weighted by atomic mass is 35.5. The quantitative estimate of drug-likeness (QED) is 0.754. The van der Waals surface area contributed by atoms with E-state index in [4.69, 9.17) is 16.3 Å². The largest absolute Gasteiger partial charge is 0.376 e. The van der Waals surface area contributed by atoms with E-state index in [1.165, 1.54) is 6.07 Å². The summed E-state index contributed by atoms with van der Waals surface area (Å²) in [5.41, 5.74) is 1.96. The standard InChI is InChI=1S/C13H9ClF2N2O/c14-12-8-6-19-4-3-11(8)17-13(18-12)7-1-2-9(15)10(16)5-7/h1-2,5H,3-4,6H2. The molecule has 3 nitrogen and oxygen atoms in total. The molecule has 0 radical (unpaired) electrons. The summed E-state index contributed by atoms with van der Waals surface area (Å²) in [5, 5.41) is 0.296. The summed E-state index contributed by atoms with van der Waals surface area (Å²) >= 11 is 6.07. The maximum atomic E-state index is 13.2. The minimum Gasteiger partial charge on any atom is -0.376 e. The van der Waals surface area contributed by atoms with Gasteiger partial charge in [0.25, 0.3) is 0 Å². The summed E-state index contributed by atoms with van der Waals surface area (Å²) in [4.78, 5) is 8.46. The lowest BCUT2D eigenvalue weighted by atomic mass is 10.1. The number of benzene rings is 1. The summed E-state index contributed by atoms with van der Waals surface area (Å²) in [6.07, 6.45) is 0.633. The number of aromatic nitrogens is 2. The van der Waals surface area contributed by atoms with E-state index < -0.39 is 11.6 Å². The molecular formula is C13H9ClF2N2O. The normalized spacial score (nSPS) is 14.3. The van der Waals surface area contributed by atoms with Gasteiger partial charge in [0, 0.05) is 17.5 Å². The molecule has 19 heavy (non-hydrogen) atoms. The lowest BCUT2D eigenvalue weighted by Crippen LogP contribution is -2.14. The lowest BCUT2D eigenvalue weighted by Gasteiger charge is -2.17. The number of halogens is 3. The van der Waals surface area contributed by atoms with Crippen LogP contribution in [0.2, 0.25) is 5.15 Å². The van der Waals surface area contributed by atoms with Gasteiger partial charge in [-0.25, -0.2) is 18.7 Å². The molecule has 0 unspecified atom stereocenters. The number of rotatable bonds is 1. The van der Waals surface area contributed by atoms with E-state index in [1.54, 1.807) is 0 Å². The van der Waals surface area contributed by atoms with E-state index in [0.717, 1.165) is 23.4 Å². The second-order valence-electron chi connectivity index (χ2n) is 4.19. The SMILES string of the molecule is Fc1ccc(-c2nc(Cl)c3c(n2)CCOC3)cc1F. The maximum absolute atomic E-state index is 13.2. The van der Waals surface area contributed by atoms with Crippen molar-refractivity contribution < 1.29 is 13.5 Å². The highest BCUT2D eigenvalue weighted by molar-refractivity contribution is 6.30. The Morgan fingerprint density at radius 1 is 1.16 bits per heavy atom. The molecular weight excluding hydrogens is 274 g/mol. The predicted molar refractivity (Wildman–Crippen MR) is 65.8 cm³/mol. The van der Waals surface area contributed by atoms with Crippen LogP contribution < -0.4 is 0 Å². The van der Waals surface area contributed by atoms with E-state index in [-0.39, 0.29) is 0 Å². The van der Waals surface area contributed by atoms with Crippen molar-refractivity contribution in [3.8, 4) is 11.4 Å². The second kappa shape index (κ2) is 4.83. The Kier molecular flexibility index (Phi) is 3.16. The number of fused-ring (bicyclic) bond motifs is 1. The molecule has 1 aromatic heterocycles. The average Bonchev–Trinajstić information content (AvgIpc) is 2.42.